The van der Waals surface area contributed by atoms with Crippen molar-refractivity contribution >= 4 is 23.7 Å². The quantitative estimate of drug-likeness (QED) is 0.594. The minimum atomic E-state index is -0.969. The highest BCUT2D eigenvalue weighted by Gasteiger charge is 2.31. The number of benzene rings is 1. The third kappa shape index (κ3) is 6.49. The van der Waals surface area contributed by atoms with E-state index in [-0.39, 0.29) is 13.2 Å². The average molecular weight is 315 g/mol. The molecule has 0 N–H and O–H groups in total. The van der Waals surface area contributed by atoms with Crippen molar-refractivity contribution in [1.29, 1.82) is 0 Å². The molecule has 1 unspecified atom stereocenters. The molecule has 0 bridgehead atoms. The fourth-order valence-corrected chi connectivity index (χ4v) is 1.46. The lowest BCUT2D eigenvalue weighted by atomic mass is 9.95. The van der Waals surface area contributed by atoms with Gasteiger partial charge < -0.3 is 14.2 Å². The van der Waals surface area contributed by atoms with Crippen LogP contribution in [0.3, 0.4) is 0 Å². The first-order chi connectivity index (χ1) is 9.81. The van der Waals surface area contributed by atoms with Gasteiger partial charge in [-0.1, -0.05) is 41.9 Å². The van der Waals surface area contributed by atoms with E-state index in [1.165, 1.54) is 6.92 Å². The van der Waals surface area contributed by atoms with Gasteiger partial charge in [0, 0.05) is 0 Å². The molecule has 5 nitrogen and oxygen atoms in total. The molecule has 1 aromatic rings. The molecule has 1 rings (SSSR count). The van der Waals surface area contributed by atoms with Crippen LogP contribution in [0.25, 0.3) is 0 Å². The van der Waals surface area contributed by atoms with Crippen molar-refractivity contribution in [2.24, 2.45) is 5.41 Å². The number of carbonyl (C=O) groups excluding carboxylic acids is 2. The number of hydrogen-bond donors (Lipinski definition) is 0. The topological polar surface area (TPSA) is 61.8 Å². The predicted molar refractivity (Wildman–Crippen MR) is 77.8 cm³/mol. The van der Waals surface area contributed by atoms with Crippen LogP contribution in [0.1, 0.15) is 26.3 Å². The molecule has 116 valence electrons. The molecule has 0 heterocycles. The standard InChI is InChI=1S/C15H19ClO5/c1-11(16)21-14(18)20-10-15(2,3)13(17)19-9-12-7-5-4-6-8-12/h4-8,11H,9-10H2,1-3H3. The van der Waals surface area contributed by atoms with Gasteiger partial charge in [-0.2, -0.15) is 0 Å². The summed E-state index contributed by atoms with van der Waals surface area (Å²) in [4.78, 5) is 23.2. The van der Waals surface area contributed by atoms with Crippen LogP contribution in [-0.2, 0) is 25.6 Å². The van der Waals surface area contributed by atoms with Crippen molar-refractivity contribution in [3.8, 4) is 0 Å². The van der Waals surface area contributed by atoms with Crippen molar-refractivity contribution in [3.05, 3.63) is 35.9 Å². The van der Waals surface area contributed by atoms with E-state index in [0.717, 1.165) is 5.56 Å². The zero-order valence-corrected chi connectivity index (χ0v) is 13.1. The third-order valence-electron chi connectivity index (χ3n) is 2.57. The van der Waals surface area contributed by atoms with Crippen LogP contribution in [0.15, 0.2) is 30.3 Å². The van der Waals surface area contributed by atoms with Gasteiger partial charge in [-0.3, -0.25) is 4.79 Å². The summed E-state index contributed by atoms with van der Waals surface area (Å²) in [6.45, 7) is 4.76. The summed E-state index contributed by atoms with van der Waals surface area (Å²) in [5.41, 5.74) is -0.868. The number of ether oxygens (including phenoxy) is 3. The lowest BCUT2D eigenvalue weighted by Crippen LogP contribution is -2.33. The van der Waals surface area contributed by atoms with Crippen LogP contribution in [0.2, 0.25) is 0 Å². The average Bonchev–Trinajstić information content (AvgIpc) is 2.43. The van der Waals surface area contributed by atoms with Crippen LogP contribution in [0.4, 0.5) is 4.79 Å². The normalized spacial score (nSPS) is 12.4. The van der Waals surface area contributed by atoms with Gasteiger partial charge in [-0.25, -0.2) is 4.79 Å². The molecule has 0 saturated carbocycles. The number of esters is 1. The minimum absolute atomic E-state index is 0.150. The molecule has 0 aliphatic heterocycles. The monoisotopic (exact) mass is 314 g/mol. The lowest BCUT2D eigenvalue weighted by molar-refractivity contribution is -0.157. The van der Waals surface area contributed by atoms with E-state index in [0.29, 0.717) is 0 Å². The Morgan fingerprint density at radius 1 is 1.19 bits per heavy atom. The molecule has 0 amide bonds. The number of hydrogen-bond acceptors (Lipinski definition) is 5. The molecule has 1 aromatic carbocycles. The second-order valence-electron chi connectivity index (χ2n) is 5.15. The molecule has 21 heavy (non-hydrogen) atoms. The molecular weight excluding hydrogens is 296 g/mol. The van der Waals surface area contributed by atoms with Crippen molar-refractivity contribution in [2.75, 3.05) is 6.61 Å². The highest BCUT2D eigenvalue weighted by atomic mass is 35.5. The van der Waals surface area contributed by atoms with Crippen molar-refractivity contribution in [1.82, 2.24) is 0 Å². The SMILES string of the molecule is CC(Cl)OC(=O)OCC(C)(C)C(=O)OCc1ccccc1. The maximum atomic E-state index is 12.0. The van der Waals surface area contributed by atoms with Gasteiger partial charge >= 0.3 is 12.1 Å². The Bertz CT molecular complexity index is 470. The summed E-state index contributed by atoms with van der Waals surface area (Å²) in [6, 6.07) is 9.32. The largest absolute Gasteiger partial charge is 0.509 e. The van der Waals surface area contributed by atoms with Crippen molar-refractivity contribution in [3.63, 3.8) is 0 Å². The van der Waals surface area contributed by atoms with Crippen LogP contribution in [0.5, 0.6) is 0 Å². The van der Waals surface area contributed by atoms with E-state index < -0.39 is 23.1 Å². The van der Waals surface area contributed by atoms with Crippen LogP contribution in [0, 0.1) is 5.41 Å². The molecule has 0 spiro atoms. The molecule has 0 aliphatic carbocycles. The Hall–Kier alpha value is -1.75. The molecule has 0 aromatic heterocycles. The van der Waals surface area contributed by atoms with Crippen LogP contribution in [-0.4, -0.2) is 24.3 Å². The first kappa shape index (κ1) is 17.3. The van der Waals surface area contributed by atoms with E-state index in [1.54, 1.807) is 13.8 Å². The second kappa shape index (κ2) is 7.88. The van der Waals surface area contributed by atoms with Crippen LogP contribution >= 0.6 is 11.6 Å². The van der Waals surface area contributed by atoms with Gasteiger partial charge in [0.1, 0.15) is 13.2 Å². The molecule has 0 aliphatic rings. The molecule has 1 atom stereocenters. The minimum Gasteiger partial charge on any atom is -0.460 e. The fourth-order valence-electron chi connectivity index (χ4n) is 1.38. The molecular formula is C15H19ClO5. The number of alkyl halides is 1. The molecule has 0 saturated heterocycles. The Morgan fingerprint density at radius 3 is 2.38 bits per heavy atom. The smallest absolute Gasteiger partial charge is 0.460 e. The number of carbonyl (C=O) groups is 2. The van der Waals surface area contributed by atoms with E-state index >= 15 is 0 Å². The zero-order valence-electron chi connectivity index (χ0n) is 12.3. The van der Waals surface area contributed by atoms with Gasteiger partial charge in [0.15, 0.2) is 5.56 Å². The Kier molecular flexibility index (Phi) is 6.49. The van der Waals surface area contributed by atoms with Crippen molar-refractivity contribution in [2.45, 2.75) is 32.9 Å². The van der Waals surface area contributed by atoms with E-state index in [4.69, 9.17) is 21.1 Å². The van der Waals surface area contributed by atoms with E-state index in [1.807, 2.05) is 30.3 Å². The Morgan fingerprint density at radius 2 is 1.81 bits per heavy atom. The van der Waals surface area contributed by atoms with E-state index in [2.05, 4.69) is 4.74 Å². The number of rotatable bonds is 6. The van der Waals surface area contributed by atoms with Crippen LogP contribution < -0.4 is 0 Å². The number of halogens is 1. The summed E-state index contributed by atoms with van der Waals surface area (Å²) < 4.78 is 14.7. The first-order valence-corrected chi connectivity index (χ1v) is 6.93. The summed E-state index contributed by atoms with van der Waals surface area (Å²) in [5, 5.41) is 0. The zero-order chi connectivity index (χ0) is 15.9. The third-order valence-corrected chi connectivity index (χ3v) is 2.66. The summed E-state index contributed by atoms with van der Waals surface area (Å²) in [6.07, 6.45) is -0.915. The molecule has 0 radical (unpaired) electrons. The predicted octanol–water partition coefficient (Wildman–Crippen LogP) is 3.49. The van der Waals surface area contributed by atoms with E-state index in [9.17, 15) is 9.59 Å². The summed E-state index contributed by atoms with van der Waals surface area (Å²) in [5.74, 6) is -0.460. The Labute approximate surface area is 129 Å². The second-order valence-corrected chi connectivity index (χ2v) is 5.76. The highest BCUT2D eigenvalue weighted by Crippen LogP contribution is 2.19. The maximum absolute atomic E-state index is 12.0. The lowest BCUT2D eigenvalue weighted by Gasteiger charge is -2.22. The van der Waals surface area contributed by atoms with Gasteiger partial charge in [0.2, 0.25) is 0 Å². The Balaban J connectivity index is 2.42. The first-order valence-electron chi connectivity index (χ1n) is 6.50. The van der Waals surface area contributed by atoms with Gasteiger partial charge in [-0.15, -0.1) is 0 Å². The maximum Gasteiger partial charge on any atom is 0.509 e. The summed E-state index contributed by atoms with van der Waals surface area (Å²) in [7, 11) is 0. The summed E-state index contributed by atoms with van der Waals surface area (Å²) >= 11 is 5.49. The van der Waals surface area contributed by atoms with Gasteiger partial charge in [-0.05, 0) is 26.3 Å². The fraction of sp³-hybridized carbons (Fsp3) is 0.467. The van der Waals surface area contributed by atoms with Gasteiger partial charge in [0.25, 0.3) is 0 Å². The highest BCUT2D eigenvalue weighted by molar-refractivity contribution is 6.19. The van der Waals surface area contributed by atoms with Crippen molar-refractivity contribution < 1.29 is 23.8 Å². The molecule has 0 fully saturated rings. The molecule has 6 heteroatoms. The van der Waals surface area contributed by atoms with Gasteiger partial charge in [0.05, 0.1) is 5.41 Å².